The van der Waals surface area contributed by atoms with E-state index in [1.54, 1.807) is 31.5 Å². The first kappa shape index (κ1) is 23.1. The minimum absolute atomic E-state index is 0.0237. The first-order valence-corrected chi connectivity index (χ1v) is 12.0. The molecule has 1 radical (unpaired) electrons. The van der Waals surface area contributed by atoms with E-state index in [1.165, 1.54) is 5.56 Å². The van der Waals surface area contributed by atoms with Crippen molar-refractivity contribution in [3.05, 3.63) is 83.8 Å². The number of carbonyl (C=O) groups is 2. The van der Waals surface area contributed by atoms with Gasteiger partial charge >= 0.3 is 0 Å². The molecule has 5 rings (SSSR count). The fraction of sp³-hybridized carbons (Fsp3) is 0.333. The number of amides is 2. The molecule has 4 heterocycles. The van der Waals surface area contributed by atoms with E-state index in [0.717, 1.165) is 26.1 Å². The number of pyridine rings is 1. The summed E-state index contributed by atoms with van der Waals surface area (Å²) in [6, 6.07) is 13.9. The number of nitrogens with zero attached hydrogens (tertiary/aromatic N) is 5. The van der Waals surface area contributed by atoms with E-state index in [0.29, 0.717) is 42.0 Å². The fourth-order valence-corrected chi connectivity index (χ4v) is 5.24. The van der Waals surface area contributed by atoms with Crippen molar-refractivity contribution in [1.82, 2.24) is 24.8 Å². The van der Waals surface area contributed by atoms with Gasteiger partial charge in [0.2, 0.25) is 0 Å². The lowest BCUT2D eigenvalue weighted by atomic mass is 10.0. The van der Waals surface area contributed by atoms with E-state index in [1.807, 2.05) is 11.0 Å². The van der Waals surface area contributed by atoms with Gasteiger partial charge in [-0.15, -0.1) is 0 Å². The summed E-state index contributed by atoms with van der Waals surface area (Å²) in [6.45, 7) is 6.06. The Morgan fingerprint density at radius 1 is 1.00 bits per heavy atom. The van der Waals surface area contributed by atoms with E-state index in [-0.39, 0.29) is 17.2 Å². The third-order valence-corrected chi connectivity index (χ3v) is 6.95. The predicted molar refractivity (Wildman–Crippen MR) is 132 cm³/mol. The average Bonchev–Trinajstić information content (AvgIpc) is 3.43. The number of rotatable bonds is 7. The lowest BCUT2D eigenvalue weighted by Crippen LogP contribution is -2.35. The van der Waals surface area contributed by atoms with Gasteiger partial charge in [-0.05, 0) is 55.8 Å². The Hall–Kier alpha value is -3.65. The van der Waals surface area contributed by atoms with Gasteiger partial charge in [0.15, 0.2) is 5.82 Å². The smallest absolute Gasteiger partial charge is 0.268 e. The van der Waals surface area contributed by atoms with Gasteiger partial charge < -0.3 is 15.5 Å². The molecule has 8 nitrogen and oxygen atoms in total. The molecular formula is C27H29N6O2. The first-order chi connectivity index (χ1) is 17.0. The molecule has 0 bridgehead atoms. The molecule has 1 aromatic carbocycles. The molecule has 0 aliphatic carbocycles. The Morgan fingerprint density at radius 3 is 2.34 bits per heavy atom. The maximum atomic E-state index is 13.5. The fourth-order valence-electron chi connectivity index (χ4n) is 5.24. The highest BCUT2D eigenvalue weighted by Crippen LogP contribution is 2.33. The van der Waals surface area contributed by atoms with Crippen LogP contribution in [-0.2, 0) is 0 Å². The zero-order valence-corrected chi connectivity index (χ0v) is 19.8. The van der Waals surface area contributed by atoms with Crippen molar-refractivity contribution in [2.45, 2.75) is 13.3 Å². The van der Waals surface area contributed by atoms with Crippen LogP contribution in [0.4, 0.5) is 0 Å². The second-order valence-electron chi connectivity index (χ2n) is 9.35. The highest BCUT2D eigenvalue weighted by Gasteiger charge is 2.42. The lowest BCUT2D eigenvalue weighted by molar-refractivity contribution is 0.0766. The molecule has 2 N–H and O–H groups in total. The van der Waals surface area contributed by atoms with Crippen molar-refractivity contribution in [3.63, 3.8) is 0 Å². The first-order valence-electron chi connectivity index (χ1n) is 12.0. The van der Waals surface area contributed by atoms with Crippen LogP contribution in [0.3, 0.4) is 0 Å². The highest BCUT2D eigenvalue weighted by molar-refractivity contribution is 6.06. The van der Waals surface area contributed by atoms with Crippen LogP contribution in [0.25, 0.3) is 11.4 Å². The summed E-state index contributed by atoms with van der Waals surface area (Å²) in [6.07, 6.45) is 6.54. The summed E-state index contributed by atoms with van der Waals surface area (Å²) in [5.74, 6) is 0.289. The molecule has 2 atom stereocenters. The normalized spacial score (nSPS) is 19.6. The molecule has 179 valence electrons. The van der Waals surface area contributed by atoms with E-state index >= 15 is 0 Å². The molecule has 2 fully saturated rings. The van der Waals surface area contributed by atoms with Crippen molar-refractivity contribution >= 4 is 11.8 Å². The molecule has 2 saturated heterocycles. The number of primary amides is 1. The highest BCUT2D eigenvalue weighted by atomic mass is 16.2. The summed E-state index contributed by atoms with van der Waals surface area (Å²) >= 11 is 0. The van der Waals surface area contributed by atoms with Crippen molar-refractivity contribution in [2.24, 2.45) is 17.6 Å². The monoisotopic (exact) mass is 469 g/mol. The molecule has 0 saturated carbocycles. The SMILES string of the molecule is Cc1nc(-c2ccncc2)nc(C(N)=O)c1C(=O)N1CC2CN(CC[CH]c3ccccc3)C[C@H]2C1. The van der Waals surface area contributed by atoms with Crippen LogP contribution < -0.4 is 5.73 Å². The molecule has 1 unspecified atom stereocenters. The maximum Gasteiger partial charge on any atom is 0.268 e. The van der Waals surface area contributed by atoms with Gasteiger partial charge in [-0.2, -0.15) is 0 Å². The van der Waals surface area contributed by atoms with Crippen LogP contribution in [0.2, 0.25) is 0 Å². The summed E-state index contributed by atoms with van der Waals surface area (Å²) in [5, 5.41) is 0. The van der Waals surface area contributed by atoms with Gasteiger partial charge in [0.1, 0.15) is 5.69 Å². The summed E-state index contributed by atoms with van der Waals surface area (Å²) in [7, 11) is 0. The van der Waals surface area contributed by atoms with Crippen LogP contribution in [-0.4, -0.2) is 69.3 Å². The Kier molecular flexibility index (Phi) is 6.55. The number of hydrogen-bond acceptors (Lipinski definition) is 6. The second kappa shape index (κ2) is 9.92. The zero-order chi connectivity index (χ0) is 24.4. The third-order valence-electron chi connectivity index (χ3n) is 6.95. The summed E-state index contributed by atoms with van der Waals surface area (Å²) < 4.78 is 0. The molecular weight excluding hydrogens is 440 g/mol. The van der Waals surface area contributed by atoms with Gasteiger partial charge in [0, 0.05) is 44.1 Å². The molecule has 2 aromatic heterocycles. The minimum Gasteiger partial charge on any atom is -0.364 e. The number of fused-ring (bicyclic) bond motifs is 1. The predicted octanol–water partition coefficient (Wildman–Crippen LogP) is 2.59. The number of carbonyl (C=O) groups excluding carboxylic acids is 2. The number of nitrogens with two attached hydrogens (primary N) is 1. The number of aromatic nitrogens is 3. The number of likely N-dealkylation sites (tertiary alicyclic amines) is 2. The lowest BCUT2D eigenvalue weighted by Gasteiger charge is -2.23. The topological polar surface area (TPSA) is 105 Å². The molecule has 0 spiro atoms. The molecule has 8 heteroatoms. The van der Waals surface area contributed by atoms with E-state index < -0.39 is 5.91 Å². The van der Waals surface area contributed by atoms with Gasteiger partial charge in [-0.3, -0.25) is 14.6 Å². The third kappa shape index (κ3) is 4.93. The average molecular weight is 470 g/mol. The number of hydrogen-bond donors (Lipinski definition) is 1. The number of aryl methyl sites for hydroxylation is 1. The van der Waals surface area contributed by atoms with Crippen molar-refractivity contribution in [3.8, 4) is 11.4 Å². The standard InChI is InChI=1S/C27H29N6O2/c1-18-23(24(25(28)34)31-26(30-18)20-9-11-29-12-10-20)27(35)33-16-21-14-32(15-22(21)17-33)13-5-8-19-6-3-2-4-7-19/h2-4,6-12,21-22H,5,13-17H2,1H3,(H2,28,34)/t21-,22?/m0/s1. The van der Waals surface area contributed by atoms with Crippen LogP contribution in [0.15, 0.2) is 54.9 Å². The summed E-state index contributed by atoms with van der Waals surface area (Å²) in [4.78, 5) is 43.0. The second-order valence-corrected chi connectivity index (χ2v) is 9.35. The molecule has 3 aromatic rings. The maximum absolute atomic E-state index is 13.5. The zero-order valence-electron chi connectivity index (χ0n) is 19.8. The Bertz CT molecular complexity index is 1200. The van der Waals surface area contributed by atoms with E-state index in [4.69, 9.17) is 5.73 Å². The quantitative estimate of drug-likeness (QED) is 0.570. The van der Waals surface area contributed by atoms with E-state index in [2.05, 4.69) is 50.5 Å². The van der Waals surface area contributed by atoms with Crippen LogP contribution >= 0.6 is 0 Å². The molecule has 2 aliphatic heterocycles. The molecule has 2 amide bonds. The van der Waals surface area contributed by atoms with Gasteiger partial charge in [-0.1, -0.05) is 30.3 Å². The molecule has 2 aliphatic rings. The van der Waals surface area contributed by atoms with Crippen molar-refractivity contribution in [1.29, 1.82) is 0 Å². The number of benzene rings is 1. The largest absolute Gasteiger partial charge is 0.364 e. The van der Waals surface area contributed by atoms with Crippen molar-refractivity contribution in [2.75, 3.05) is 32.7 Å². The Morgan fingerprint density at radius 2 is 1.69 bits per heavy atom. The van der Waals surface area contributed by atoms with Gasteiger partial charge in [0.05, 0.1) is 11.3 Å². The Balaban J connectivity index is 1.24. The minimum atomic E-state index is -0.727. The van der Waals surface area contributed by atoms with Crippen LogP contribution in [0, 0.1) is 25.2 Å². The van der Waals surface area contributed by atoms with E-state index in [9.17, 15) is 9.59 Å². The van der Waals surface area contributed by atoms with Gasteiger partial charge in [-0.25, -0.2) is 9.97 Å². The Labute approximate surface area is 205 Å². The van der Waals surface area contributed by atoms with Crippen LogP contribution in [0.1, 0.15) is 38.5 Å². The van der Waals surface area contributed by atoms with Gasteiger partial charge in [0.25, 0.3) is 11.8 Å². The van der Waals surface area contributed by atoms with Crippen molar-refractivity contribution < 1.29 is 9.59 Å². The summed E-state index contributed by atoms with van der Waals surface area (Å²) in [5.41, 5.74) is 8.26. The molecule has 35 heavy (non-hydrogen) atoms. The van der Waals surface area contributed by atoms with Crippen LogP contribution in [0.5, 0.6) is 0 Å².